The maximum Gasteiger partial charge on any atom is 0.305 e. The molecule has 1 aromatic rings. The van der Waals surface area contributed by atoms with Gasteiger partial charge in [-0.05, 0) is 20.3 Å². The van der Waals surface area contributed by atoms with Crippen molar-refractivity contribution in [1.29, 1.82) is 0 Å². The highest BCUT2D eigenvalue weighted by atomic mass is 32.2. The molecule has 0 spiro atoms. The lowest BCUT2D eigenvalue weighted by molar-refractivity contribution is 0.545. The first-order valence-electron chi connectivity index (χ1n) is 5.09. The predicted molar refractivity (Wildman–Crippen MR) is 64.4 cm³/mol. The summed E-state index contributed by atoms with van der Waals surface area (Å²) >= 11 is 0.720. The Morgan fingerprint density at radius 1 is 1.50 bits per heavy atom. The van der Waals surface area contributed by atoms with E-state index in [1.54, 1.807) is 6.92 Å². The number of thiazole rings is 1. The standard InChI is InChI=1S/C9H16N2O3S2/c1-4-5-6(2)11-16(13,14)8-7(3)10-9(12)15-8/h6,11H,4-5H2,1-3H3,(H,10,12). The topological polar surface area (TPSA) is 79.0 Å². The Bertz CT molecular complexity index is 501. The number of hydrogen-bond donors (Lipinski definition) is 2. The van der Waals surface area contributed by atoms with Crippen LogP contribution in [-0.2, 0) is 10.0 Å². The van der Waals surface area contributed by atoms with Crippen molar-refractivity contribution in [2.24, 2.45) is 0 Å². The van der Waals surface area contributed by atoms with Gasteiger partial charge in [0.15, 0.2) is 4.21 Å². The van der Waals surface area contributed by atoms with E-state index in [1.165, 1.54) is 0 Å². The summed E-state index contributed by atoms with van der Waals surface area (Å²) in [7, 11) is -3.55. The van der Waals surface area contributed by atoms with Crippen LogP contribution in [0.5, 0.6) is 0 Å². The molecule has 0 fully saturated rings. The Morgan fingerprint density at radius 2 is 2.12 bits per heavy atom. The summed E-state index contributed by atoms with van der Waals surface area (Å²) in [4.78, 5) is 13.2. The molecular formula is C9H16N2O3S2. The van der Waals surface area contributed by atoms with Gasteiger partial charge in [0.05, 0.1) is 0 Å². The number of aromatic nitrogens is 1. The Labute approximate surface area is 99.0 Å². The quantitative estimate of drug-likeness (QED) is 0.839. The molecule has 5 nitrogen and oxygen atoms in total. The van der Waals surface area contributed by atoms with Crippen LogP contribution in [0.15, 0.2) is 9.00 Å². The van der Waals surface area contributed by atoms with E-state index < -0.39 is 10.0 Å². The number of aromatic amines is 1. The van der Waals surface area contributed by atoms with Crippen LogP contribution in [0.4, 0.5) is 0 Å². The van der Waals surface area contributed by atoms with Crippen LogP contribution in [0.2, 0.25) is 0 Å². The molecule has 1 heterocycles. The van der Waals surface area contributed by atoms with Crippen LogP contribution in [0.3, 0.4) is 0 Å². The van der Waals surface area contributed by atoms with E-state index in [9.17, 15) is 13.2 Å². The number of nitrogens with one attached hydrogen (secondary N) is 2. The van der Waals surface area contributed by atoms with Gasteiger partial charge in [0, 0.05) is 11.7 Å². The van der Waals surface area contributed by atoms with Gasteiger partial charge in [-0.2, -0.15) is 0 Å². The van der Waals surface area contributed by atoms with Gasteiger partial charge in [0.2, 0.25) is 0 Å². The van der Waals surface area contributed by atoms with E-state index >= 15 is 0 Å². The summed E-state index contributed by atoms with van der Waals surface area (Å²) in [5, 5.41) is 0. The second-order valence-electron chi connectivity index (χ2n) is 3.74. The van der Waals surface area contributed by atoms with E-state index in [0.717, 1.165) is 24.2 Å². The predicted octanol–water partition coefficient (Wildman–Crippen LogP) is 1.21. The molecule has 0 saturated heterocycles. The second-order valence-corrected chi connectivity index (χ2v) is 6.63. The van der Waals surface area contributed by atoms with Gasteiger partial charge in [-0.15, -0.1) is 0 Å². The van der Waals surface area contributed by atoms with Gasteiger partial charge in [0.1, 0.15) is 0 Å². The lowest BCUT2D eigenvalue weighted by atomic mass is 10.2. The van der Waals surface area contributed by atoms with Crippen molar-refractivity contribution in [3.05, 3.63) is 15.4 Å². The van der Waals surface area contributed by atoms with Crippen molar-refractivity contribution < 1.29 is 8.42 Å². The lowest BCUT2D eigenvalue weighted by Gasteiger charge is -2.12. The zero-order chi connectivity index (χ0) is 12.3. The minimum absolute atomic E-state index is 0.0838. The largest absolute Gasteiger partial charge is 0.315 e. The van der Waals surface area contributed by atoms with E-state index in [1.807, 2.05) is 13.8 Å². The molecule has 1 atom stereocenters. The summed E-state index contributed by atoms with van der Waals surface area (Å²) in [6, 6.07) is -0.119. The Morgan fingerprint density at radius 3 is 2.56 bits per heavy atom. The minimum atomic E-state index is -3.55. The van der Waals surface area contributed by atoms with Gasteiger partial charge in [-0.25, -0.2) is 13.1 Å². The number of H-pyrrole nitrogens is 1. The van der Waals surface area contributed by atoms with Gasteiger partial charge >= 0.3 is 4.87 Å². The molecule has 0 aliphatic carbocycles. The summed E-state index contributed by atoms with van der Waals surface area (Å²) < 4.78 is 26.4. The van der Waals surface area contributed by atoms with Crippen molar-refractivity contribution in [2.75, 3.05) is 0 Å². The first kappa shape index (κ1) is 13.4. The molecule has 7 heteroatoms. The fourth-order valence-corrected chi connectivity index (χ4v) is 4.05. The van der Waals surface area contributed by atoms with E-state index in [-0.39, 0.29) is 15.1 Å². The van der Waals surface area contributed by atoms with Gasteiger partial charge < -0.3 is 4.98 Å². The highest BCUT2D eigenvalue weighted by Crippen LogP contribution is 2.16. The third kappa shape index (κ3) is 3.16. The molecule has 0 saturated carbocycles. The van der Waals surface area contributed by atoms with Crippen LogP contribution in [0.1, 0.15) is 32.4 Å². The molecule has 16 heavy (non-hydrogen) atoms. The van der Waals surface area contributed by atoms with Crippen LogP contribution >= 0.6 is 11.3 Å². The zero-order valence-electron chi connectivity index (χ0n) is 9.53. The molecule has 0 aliphatic rings. The van der Waals surface area contributed by atoms with Crippen LogP contribution in [0, 0.1) is 6.92 Å². The van der Waals surface area contributed by atoms with Crippen molar-refractivity contribution in [1.82, 2.24) is 9.71 Å². The molecule has 0 aliphatic heterocycles. The van der Waals surface area contributed by atoms with Gasteiger partial charge in [0.25, 0.3) is 10.0 Å². The monoisotopic (exact) mass is 264 g/mol. The number of hydrogen-bond acceptors (Lipinski definition) is 4. The third-order valence-electron chi connectivity index (χ3n) is 2.10. The fourth-order valence-electron chi connectivity index (χ4n) is 1.46. The second kappa shape index (κ2) is 5.11. The molecule has 92 valence electrons. The Hall–Kier alpha value is -0.660. The van der Waals surface area contributed by atoms with Crippen molar-refractivity contribution in [2.45, 2.75) is 43.9 Å². The van der Waals surface area contributed by atoms with Crippen molar-refractivity contribution in [3.63, 3.8) is 0 Å². The molecule has 0 aromatic carbocycles. The first-order chi connectivity index (χ1) is 7.36. The van der Waals surface area contributed by atoms with Crippen molar-refractivity contribution in [3.8, 4) is 0 Å². The van der Waals surface area contributed by atoms with E-state index in [2.05, 4.69) is 9.71 Å². The fraction of sp³-hybridized carbons (Fsp3) is 0.667. The van der Waals surface area contributed by atoms with Gasteiger partial charge in [-0.3, -0.25) is 4.79 Å². The van der Waals surface area contributed by atoms with E-state index in [4.69, 9.17) is 0 Å². The third-order valence-corrected chi connectivity index (χ3v) is 5.30. The number of rotatable bonds is 5. The smallest absolute Gasteiger partial charge is 0.305 e. The van der Waals surface area contributed by atoms with E-state index in [0.29, 0.717) is 5.69 Å². The zero-order valence-corrected chi connectivity index (χ0v) is 11.2. The molecule has 0 bridgehead atoms. The molecule has 2 N–H and O–H groups in total. The van der Waals surface area contributed by atoms with Gasteiger partial charge in [-0.1, -0.05) is 24.7 Å². The van der Waals surface area contributed by atoms with Crippen LogP contribution in [0.25, 0.3) is 0 Å². The molecule has 0 amide bonds. The number of aryl methyl sites for hydroxylation is 1. The highest BCUT2D eigenvalue weighted by Gasteiger charge is 2.22. The van der Waals surface area contributed by atoms with Crippen molar-refractivity contribution >= 4 is 21.4 Å². The summed E-state index contributed by atoms with van der Waals surface area (Å²) in [5.41, 5.74) is 0.395. The minimum Gasteiger partial charge on any atom is -0.315 e. The van der Waals surface area contributed by atoms with Crippen LogP contribution < -0.4 is 9.60 Å². The molecule has 1 unspecified atom stereocenters. The average molecular weight is 264 g/mol. The lowest BCUT2D eigenvalue weighted by Crippen LogP contribution is -2.32. The molecule has 0 radical (unpaired) electrons. The highest BCUT2D eigenvalue weighted by molar-refractivity contribution is 7.91. The maximum atomic E-state index is 11.9. The number of sulfonamides is 1. The molecule has 1 rings (SSSR count). The molecular weight excluding hydrogens is 248 g/mol. The SMILES string of the molecule is CCCC(C)NS(=O)(=O)c1sc(=O)[nH]c1C. The average Bonchev–Trinajstić information content (AvgIpc) is 2.45. The maximum absolute atomic E-state index is 11.9. The summed E-state index contributed by atoms with van der Waals surface area (Å²) in [6.45, 7) is 5.38. The molecule has 1 aromatic heterocycles. The first-order valence-corrected chi connectivity index (χ1v) is 7.38. The van der Waals surface area contributed by atoms with Crippen LogP contribution in [-0.4, -0.2) is 19.4 Å². The summed E-state index contributed by atoms with van der Waals surface area (Å²) in [5.74, 6) is 0. The Kier molecular flexibility index (Phi) is 4.28. The normalized spacial score (nSPS) is 13.9. The Balaban J connectivity index is 2.94. The summed E-state index contributed by atoms with van der Waals surface area (Å²) in [6.07, 6.45) is 1.68.